The van der Waals surface area contributed by atoms with Crippen LogP contribution in [0.3, 0.4) is 0 Å². The van der Waals surface area contributed by atoms with Crippen molar-refractivity contribution in [3.8, 4) is 0 Å². The van der Waals surface area contributed by atoms with Crippen molar-refractivity contribution in [3.63, 3.8) is 0 Å². The summed E-state index contributed by atoms with van der Waals surface area (Å²) >= 11 is 9.98. The molecule has 0 fully saturated rings. The molecule has 0 aliphatic rings. The summed E-state index contributed by atoms with van der Waals surface area (Å²) in [5, 5.41) is 5.11. The van der Waals surface area contributed by atoms with Gasteiger partial charge in [-0.15, -0.1) is 0 Å². The van der Waals surface area contributed by atoms with E-state index in [9.17, 15) is 0 Å². The van der Waals surface area contributed by atoms with Gasteiger partial charge in [0.25, 0.3) is 0 Å². The Morgan fingerprint density at radius 1 is 1.32 bits per heavy atom. The van der Waals surface area contributed by atoms with Gasteiger partial charge in [-0.05, 0) is 31.7 Å². The number of nitrogens with zero attached hydrogens (tertiary/aromatic N) is 2. The van der Waals surface area contributed by atoms with Gasteiger partial charge in [0.05, 0.1) is 5.69 Å². The van der Waals surface area contributed by atoms with Gasteiger partial charge in [-0.2, -0.15) is 5.10 Å². The average molecular weight is 342 g/mol. The molecule has 0 spiro atoms. The summed E-state index contributed by atoms with van der Waals surface area (Å²) in [5.74, 6) is 0. The van der Waals surface area contributed by atoms with E-state index in [2.05, 4.69) is 45.3 Å². The lowest BCUT2D eigenvalue weighted by Gasteiger charge is -2.09. The molecule has 0 bridgehead atoms. The molecular formula is C15H18BrClN2. The largest absolute Gasteiger partial charge is 0.257 e. The number of alkyl halides is 1. The molecule has 4 heteroatoms. The van der Waals surface area contributed by atoms with Gasteiger partial charge < -0.3 is 0 Å². The maximum absolute atomic E-state index is 6.24. The van der Waals surface area contributed by atoms with Crippen LogP contribution in [0.15, 0.2) is 30.3 Å². The van der Waals surface area contributed by atoms with Crippen molar-refractivity contribution < 1.29 is 0 Å². The van der Waals surface area contributed by atoms with Crippen molar-refractivity contribution >= 4 is 27.5 Å². The van der Waals surface area contributed by atoms with Crippen molar-refractivity contribution in [2.45, 2.75) is 31.0 Å². The zero-order valence-electron chi connectivity index (χ0n) is 11.2. The summed E-state index contributed by atoms with van der Waals surface area (Å²) in [4.78, 5) is 0.407. The molecule has 19 heavy (non-hydrogen) atoms. The molecule has 0 aliphatic carbocycles. The molecule has 1 atom stereocenters. The third kappa shape index (κ3) is 3.61. The van der Waals surface area contributed by atoms with Gasteiger partial charge >= 0.3 is 0 Å². The Kier molecular flexibility index (Phi) is 5.06. The molecule has 2 nitrogen and oxygen atoms in total. The maximum Gasteiger partial charge on any atom is 0.130 e. The lowest BCUT2D eigenvalue weighted by molar-refractivity contribution is 0.727. The van der Waals surface area contributed by atoms with Crippen molar-refractivity contribution in [1.82, 2.24) is 9.78 Å². The minimum Gasteiger partial charge on any atom is -0.257 e. The van der Waals surface area contributed by atoms with Crippen LogP contribution in [-0.4, -0.2) is 9.78 Å². The molecule has 1 heterocycles. The minimum atomic E-state index is 0.407. The van der Waals surface area contributed by atoms with Crippen LogP contribution in [0.2, 0.25) is 5.15 Å². The van der Waals surface area contributed by atoms with Crippen molar-refractivity contribution in [3.05, 3.63) is 52.3 Å². The van der Waals surface area contributed by atoms with Crippen LogP contribution in [0.4, 0.5) is 0 Å². The number of aryl methyl sites for hydroxylation is 2. The van der Waals surface area contributed by atoms with E-state index in [4.69, 9.17) is 11.6 Å². The Morgan fingerprint density at radius 2 is 2.00 bits per heavy atom. The number of benzene rings is 1. The molecule has 0 amide bonds. The first kappa shape index (κ1) is 14.6. The van der Waals surface area contributed by atoms with Crippen molar-refractivity contribution in [2.75, 3.05) is 0 Å². The summed E-state index contributed by atoms with van der Waals surface area (Å²) in [6, 6.07) is 10.5. The van der Waals surface area contributed by atoms with Gasteiger partial charge in [0.15, 0.2) is 0 Å². The quantitative estimate of drug-likeness (QED) is 0.711. The Bertz CT molecular complexity index is 537. The number of hydrogen-bond donors (Lipinski definition) is 0. The van der Waals surface area contributed by atoms with Crippen LogP contribution in [0.1, 0.15) is 34.5 Å². The van der Waals surface area contributed by atoms with Crippen molar-refractivity contribution in [1.29, 1.82) is 0 Å². The Labute approximate surface area is 127 Å². The Balaban J connectivity index is 1.90. The SMILES string of the molecule is Cc1nn(C)c(Cl)c1CCCC(Br)c1ccccc1. The van der Waals surface area contributed by atoms with Crippen LogP contribution < -0.4 is 0 Å². The minimum absolute atomic E-state index is 0.407. The summed E-state index contributed by atoms with van der Waals surface area (Å²) in [7, 11) is 1.89. The lowest BCUT2D eigenvalue weighted by atomic mass is 10.0. The highest BCUT2D eigenvalue weighted by Gasteiger charge is 2.12. The van der Waals surface area contributed by atoms with E-state index in [-0.39, 0.29) is 0 Å². The molecule has 0 aliphatic heterocycles. The summed E-state index contributed by atoms with van der Waals surface area (Å²) < 4.78 is 1.75. The maximum atomic E-state index is 6.24. The van der Waals surface area contributed by atoms with Crippen LogP contribution in [0.5, 0.6) is 0 Å². The molecule has 2 rings (SSSR count). The highest BCUT2D eigenvalue weighted by molar-refractivity contribution is 9.09. The molecule has 0 saturated heterocycles. The lowest BCUT2D eigenvalue weighted by Crippen LogP contribution is -1.93. The summed E-state index contributed by atoms with van der Waals surface area (Å²) in [5.41, 5.74) is 3.55. The van der Waals surface area contributed by atoms with Crippen molar-refractivity contribution in [2.24, 2.45) is 7.05 Å². The predicted molar refractivity (Wildman–Crippen MR) is 84.0 cm³/mol. The molecule has 0 radical (unpaired) electrons. The van der Waals surface area contributed by atoms with Gasteiger partial charge in [-0.1, -0.05) is 57.9 Å². The fourth-order valence-corrected chi connectivity index (χ4v) is 3.14. The fourth-order valence-electron chi connectivity index (χ4n) is 2.24. The average Bonchev–Trinajstić information content (AvgIpc) is 2.66. The standard InChI is InChI=1S/C15H18BrClN2/c1-11-13(15(17)19(2)18-11)9-6-10-14(16)12-7-4-3-5-8-12/h3-5,7-8,14H,6,9-10H2,1-2H3. The topological polar surface area (TPSA) is 17.8 Å². The van der Waals surface area contributed by atoms with E-state index < -0.39 is 0 Å². The predicted octanol–water partition coefficient (Wildman–Crippen LogP) is 4.84. The number of rotatable bonds is 5. The van der Waals surface area contributed by atoms with E-state index >= 15 is 0 Å². The molecule has 2 aromatic rings. The molecule has 102 valence electrons. The molecule has 0 saturated carbocycles. The smallest absolute Gasteiger partial charge is 0.130 e. The first-order valence-electron chi connectivity index (χ1n) is 6.46. The van der Waals surface area contributed by atoms with Gasteiger partial charge in [0.2, 0.25) is 0 Å². The van der Waals surface area contributed by atoms with Gasteiger partial charge in [-0.25, -0.2) is 0 Å². The monoisotopic (exact) mass is 340 g/mol. The normalized spacial score (nSPS) is 12.6. The van der Waals surface area contributed by atoms with E-state index in [1.54, 1.807) is 4.68 Å². The summed E-state index contributed by atoms with van der Waals surface area (Å²) in [6.07, 6.45) is 3.17. The Hall–Kier alpha value is -0.800. The van der Waals surface area contributed by atoms with Gasteiger partial charge in [-0.3, -0.25) is 4.68 Å². The Morgan fingerprint density at radius 3 is 2.58 bits per heavy atom. The second-order valence-corrected chi connectivity index (χ2v) is 6.21. The van der Waals surface area contributed by atoms with E-state index in [0.717, 1.165) is 30.1 Å². The number of hydrogen-bond acceptors (Lipinski definition) is 1. The molecule has 1 unspecified atom stereocenters. The van der Waals surface area contributed by atoms with Crippen LogP contribution in [0, 0.1) is 6.92 Å². The van der Waals surface area contributed by atoms with Crippen LogP contribution in [0.25, 0.3) is 0 Å². The van der Waals surface area contributed by atoms with Gasteiger partial charge in [0, 0.05) is 17.4 Å². The second kappa shape index (κ2) is 6.58. The number of aromatic nitrogens is 2. The van der Waals surface area contributed by atoms with Gasteiger partial charge in [0.1, 0.15) is 5.15 Å². The third-order valence-electron chi connectivity index (χ3n) is 3.32. The third-order valence-corrected chi connectivity index (χ3v) is 4.77. The molecule has 0 N–H and O–H groups in total. The fraction of sp³-hybridized carbons (Fsp3) is 0.400. The zero-order chi connectivity index (χ0) is 13.8. The summed E-state index contributed by atoms with van der Waals surface area (Å²) in [6.45, 7) is 2.02. The first-order chi connectivity index (χ1) is 9.09. The van der Waals surface area contributed by atoms with E-state index in [1.165, 1.54) is 11.1 Å². The molecular weight excluding hydrogens is 324 g/mol. The van der Waals surface area contributed by atoms with E-state index in [1.807, 2.05) is 20.0 Å². The molecule has 1 aromatic heterocycles. The second-order valence-electron chi connectivity index (χ2n) is 4.75. The zero-order valence-corrected chi connectivity index (χ0v) is 13.6. The van der Waals surface area contributed by atoms with Crippen LogP contribution >= 0.6 is 27.5 Å². The first-order valence-corrected chi connectivity index (χ1v) is 7.76. The highest BCUT2D eigenvalue weighted by atomic mass is 79.9. The molecule has 1 aromatic carbocycles. The van der Waals surface area contributed by atoms with E-state index in [0.29, 0.717) is 4.83 Å². The highest BCUT2D eigenvalue weighted by Crippen LogP contribution is 2.29. The number of halogens is 2. The van der Waals surface area contributed by atoms with Crippen LogP contribution in [-0.2, 0) is 13.5 Å².